The maximum atomic E-state index is 13.1. The highest BCUT2D eigenvalue weighted by atomic mass is 19.4. The Bertz CT molecular complexity index is 1190. The predicted octanol–water partition coefficient (Wildman–Crippen LogP) is 3.75. The van der Waals surface area contributed by atoms with Crippen LogP contribution in [0.1, 0.15) is 17.0 Å². The molecule has 0 unspecified atom stereocenters. The van der Waals surface area contributed by atoms with E-state index in [0.717, 1.165) is 17.0 Å². The second-order valence-electron chi connectivity index (χ2n) is 6.64. The molecule has 0 spiro atoms. The van der Waals surface area contributed by atoms with Crippen molar-refractivity contribution in [3.05, 3.63) is 83.6 Å². The van der Waals surface area contributed by atoms with Crippen molar-refractivity contribution in [3.8, 4) is 5.69 Å². The van der Waals surface area contributed by atoms with Gasteiger partial charge in [0.2, 0.25) is 0 Å². The van der Waals surface area contributed by atoms with E-state index in [1.54, 1.807) is 18.2 Å². The first-order valence-electron chi connectivity index (χ1n) is 9.00. The molecule has 0 aliphatic carbocycles. The Morgan fingerprint density at radius 2 is 1.84 bits per heavy atom. The number of carbonyl (C=O) groups excluding carboxylic acids is 3. The van der Waals surface area contributed by atoms with Crippen molar-refractivity contribution in [2.75, 3.05) is 0 Å². The molecule has 1 aliphatic heterocycles. The number of furan rings is 1. The first-order chi connectivity index (χ1) is 14.7. The maximum absolute atomic E-state index is 13.1. The molecule has 3 aromatic rings. The van der Waals surface area contributed by atoms with Crippen molar-refractivity contribution < 1.29 is 32.0 Å². The van der Waals surface area contributed by atoms with E-state index in [0.29, 0.717) is 5.76 Å². The first-order valence-corrected chi connectivity index (χ1v) is 9.00. The lowest BCUT2D eigenvalue weighted by molar-refractivity contribution is -0.137. The Labute approximate surface area is 173 Å². The van der Waals surface area contributed by atoms with E-state index in [1.165, 1.54) is 41.3 Å². The van der Waals surface area contributed by atoms with Gasteiger partial charge < -0.3 is 8.98 Å². The fourth-order valence-electron chi connectivity index (χ4n) is 3.12. The summed E-state index contributed by atoms with van der Waals surface area (Å²) in [6.45, 7) is -0.184. The van der Waals surface area contributed by atoms with E-state index in [-0.39, 0.29) is 23.5 Å². The van der Waals surface area contributed by atoms with E-state index in [1.807, 2.05) is 0 Å². The van der Waals surface area contributed by atoms with Crippen LogP contribution in [0.15, 0.2) is 71.0 Å². The molecule has 4 amide bonds. The zero-order valence-electron chi connectivity index (χ0n) is 15.7. The number of alkyl halides is 3. The molecular formula is C21H14F3N3O4. The number of carbonyl (C=O) groups is 3. The van der Waals surface area contributed by atoms with Gasteiger partial charge in [-0.25, -0.2) is 4.79 Å². The molecule has 0 radical (unpaired) electrons. The standard InChI is InChI=1S/C21H14F3N3O4/c22-21(23,24)13-4-1-5-14(10-13)26-8-2-6-15(26)11-17-18(28)25-20(30)27(19(17)29)12-16-7-3-9-31-16/h1-11H,12H2,(H,25,28,30). The Morgan fingerprint density at radius 3 is 2.55 bits per heavy atom. The van der Waals surface area contributed by atoms with Gasteiger partial charge in [-0.15, -0.1) is 0 Å². The van der Waals surface area contributed by atoms with Crippen molar-refractivity contribution in [3.63, 3.8) is 0 Å². The van der Waals surface area contributed by atoms with Crippen LogP contribution >= 0.6 is 0 Å². The van der Waals surface area contributed by atoms with Crippen LogP contribution in [0, 0.1) is 0 Å². The summed E-state index contributed by atoms with van der Waals surface area (Å²) >= 11 is 0. The summed E-state index contributed by atoms with van der Waals surface area (Å²) in [4.78, 5) is 38.0. The number of aromatic nitrogens is 1. The van der Waals surface area contributed by atoms with Gasteiger partial charge in [-0.05, 0) is 48.5 Å². The lowest BCUT2D eigenvalue weighted by atomic mass is 10.1. The van der Waals surface area contributed by atoms with Gasteiger partial charge in [-0.2, -0.15) is 13.2 Å². The normalized spacial score (nSPS) is 16.2. The number of rotatable bonds is 4. The lowest BCUT2D eigenvalue weighted by Gasteiger charge is -2.25. The van der Waals surface area contributed by atoms with Crippen LogP contribution in [0.4, 0.5) is 18.0 Å². The SMILES string of the molecule is O=C1NC(=O)N(Cc2ccco2)C(=O)C1=Cc1cccn1-c1cccc(C(F)(F)F)c1. The molecule has 31 heavy (non-hydrogen) atoms. The Morgan fingerprint density at radius 1 is 1.03 bits per heavy atom. The largest absolute Gasteiger partial charge is 0.467 e. The second-order valence-corrected chi connectivity index (χ2v) is 6.64. The number of barbiturate groups is 1. The average Bonchev–Trinajstić information content (AvgIpc) is 3.40. The molecule has 1 saturated heterocycles. The summed E-state index contributed by atoms with van der Waals surface area (Å²) < 4.78 is 45.7. The third-order valence-electron chi connectivity index (χ3n) is 4.60. The molecule has 3 heterocycles. The topological polar surface area (TPSA) is 84.6 Å². The van der Waals surface area contributed by atoms with Gasteiger partial charge in [0.15, 0.2) is 0 Å². The number of urea groups is 1. The Balaban J connectivity index is 1.69. The van der Waals surface area contributed by atoms with Crippen LogP contribution in [0.25, 0.3) is 11.8 Å². The van der Waals surface area contributed by atoms with Crippen LogP contribution in [0.3, 0.4) is 0 Å². The quantitative estimate of drug-likeness (QED) is 0.506. The highest BCUT2D eigenvalue weighted by Crippen LogP contribution is 2.31. The van der Waals surface area contributed by atoms with Gasteiger partial charge in [0.05, 0.1) is 18.4 Å². The molecule has 7 nitrogen and oxygen atoms in total. The van der Waals surface area contributed by atoms with Crippen LogP contribution < -0.4 is 5.32 Å². The summed E-state index contributed by atoms with van der Waals surface area (Å²) in [5.41, 5.74) is -0.693. The van der Waals surface area contributed by atoms with Gasteiger partial charge in [-0.3, -0.25) is 19.8 Å². The predicted molar refractivity (Wildman–Crippen MR) is 102 cm³/mol. The van der Waals surface area contributed by atoms with E-state index in [2.05, 4.69) is 5.32 Å². The number of benzene rings is 1. The second kappa shape index (κ2) is 7.63. The average molecular weight is 429 g/mol. The highest BCUT2D eigenvalue weighted by molar-refractivity contribution is 6.30. The monoisotopic (exact) mass is 429 g/mol. The number of hydrogen-bond donors (Lipinski definition) is 1. The van der Waals surface area contributed by atoms with Crippen molar-refractivity contribution in [2.24, 2.45) is 0 Å². The molecule has 10 heteroatoms. The third kappa shape index (κ3) is 4.00. The molecule has 158 valence electrons. The molecule has 1 aliphatic rings. The van der Waals surface area contributed by atoms with E-state index < -0.39 is 29.6 Å². The van der Waals surface area contributed by atoms with Crippen molar-refractivity contribution in [1.29, 1.82) is 0 Å². The summed E-state index contributed by atoms with van der Waals surface area (Å²) in [6.07, 6.45) is -0.419. The summed E-state index contributed by atoms with van der Waals surface area (Å²) in [7, 11) is 0. The molecule has 0 saturated carbocycles. The van der Waals surface area contributed by atoms with Crippen LogP contribution in [-0.2, 0) is 22.3 Å². The van der Waals surface area contributed by atoms with E-state index in [9.17, 15) is 27.6 Å². The minimum atomic E-state index is -4.52. The zero-order chi connectivity index (χ0) is 22.2. The number of imide groups is 2. The smallest absolute Gasteiger partial charge is 0.416 e. The van der Waals surface area contributed by atoms with Crippen molar-refractivity contribution in [1.82, 2.24) is 14.8 Å². The highest BCUT2D eigenvalue weighted by Gasteiger charge is 2.36. The number of amides is 4. The molecular weight excluding hydrogens is 415 g/mol. The minimum absolute atomic E-state index is 0.184. The van der Waals surface area contributed by atoms with Crippen molar-refractivity contribution in [2.45, 2.75) is 12.7 Å². The van der Waals surface area contributed by atoms with E-state index >= 15 is 0 Å². The number of nitrogens with one attached hydrogen (secondary N) is 1. The number of hydrogen-bond acceptors (Lipinski definition) is 4. The Hall–Kier alpha value is -4.08. The molecule has 4 rings (SSSR count). The van der Waals surface area contributed by atoms with Gasteiger partial charge in [0.25, 0.3) is 11.8 Å². The molecule has 1 aromatic carbocycles. The third-order valence-corrected chi connectivity index (χ3v) is 4.60. The van der Waals surface area contributed by atoms with Crippen LogP contribution in [-0.4, -0.2) is 27.3 Å². The fourth-order valence-corrected chi connectivity index (χ4v) is 3.12. The van der Waals surface area contributed by atoms with Gasteiger partial charge >= 0.3 is 12.2 Å². The Kier molecular flexibility index (Phi) is 4.97. The first kappa shape index (κ1) is 20.2. The van der Waals surface area contributed by atoms with Gasteiger partial charge in [0, 0.05) is 17.6 Å². The number of halogens is 3. The molecule has 2 aromatic heterocycles. The summed E-state index contributed by atoms with van der Waals surface area (Å²) in [5, 5.41) is 2.08. The summed E-state index contributed by atoms with van der Waals surface area (Å²) in [5.74, 6) is -1.41. The summed E-state index contributed by atoms with van der Waals surface area (Å²) in [6, 6.07) is 9.98. The lowest BCUT2D eigenvalue weighted by Crippen LogP contribution is -2.53. The molecule has 0 bridgehead atoms. The van der Waals surface area contributed by atoms with Gasteiger partial charge in [0.1, 0.15) is 11.3 Å². The van der Waals surface area contributed by atoms with Crippen LogP contribution in [0.5, 0.6) is 0 Å². The minimum Gasteiger partial charge on any atom is -0.467 e. The van der Waals surface area contributed by atoms with Crippen molar-refractivity contribution >= 4 is 23.9 Å². The number of nitrogens with zero attached hydrogens (tertiary/aromatic N) is 2. The fraction of sp³-hybridized carbons (Fsp3) is 0.0952. The molecule has 0 atom stereocenters. The molecule has 1 fully saturated rings. The maximum Gasteiger partial charge on any atom is 0.416 e. The molecule has 1 N–H and O–H groups in total. The van der Waals surface area contributed by atoms with Crippen LogP contribution in [0.2, 0.25) is 0 Å². The van der Waals surface area contributed by atoms with E-state index in [4.69, 9.17) is 4.42 Å². The van der Waals surface area contributed by atoms with Gasteiger partial charge in [-0.1, -0.05) is 6.07 Å². The zero-order valence-corrected chi connectivity index (χ0v) is 15.7.